The lowest BCUT2D eigenvalue weighted by Gasteiger charge is -2.33. The highest BCUT2D eigenvalue weighted by Gasteiger charge is 2.30. The van der Waals surface area contributed by atoms with Crippen LogP contribution in [0.4, 0.5) is 5.69 Å². The van der Waals surface area contributed by atoms with Crippen LogP contribution in [0.1, 0.15) is 40.5 Å². The lowest BCUT2D eigenvalue weighted by molar-refractivity contribution is -0.384. The second-order valence-electron chi connectivity index (χ2n) is 7.60. The molecule has 0 aromatic heterocycles. The number of hydrogen-bond acceptors (Lipinski definition) is 5. The van der Waals surface area contributed by atoms with Gasteiger partial charge in [0.25, 0.3) is 11.6 Å². The molecule has 1 heterocycles. The number of nitrogens with zero attached hydrogens (tertiary/aromatic N) is 2. The van der Waals surface area contributed by atoms with E-state index in [1.807, 2.05) is 0 Å². The molecular formula is C22H21Cl2N3O5. The number of carbonyl (C=O) groups excluding carboxylic acids is 3. The summed E-state index contributed by atoms with van der Waals surface area (Å²) < 4.78 is 0. The Balaban J connectivity index is 1.55. The van der Waals surface area contributed by atoms with E-state index in [0.717, 1.165) is 6.07 Å². The summed E-state index contributed by atoms with van der Waals surface area (Å²) >= 11 is 11.9. The molecule has 2 amide bonds. The third-order valence-electron chi connectivity index (χ3n) is 5.42. The molecule has 8 nitrogen and oxygen atoms in total. The number of nitro groups is 1. The zero-order valence-corrected chi connectivity index (χ0v) is 18.7. The number of amides is 2. The summed E-state index contributed by atoms with van der Waals surface area (Å²) in [5, 5.41) is 14.2. The lowest BCUT2D eigenvalue weighted by atomic mass is 9.88. The average molecular weight is 478 g/mol. The standard InChI is InChI=1S/C22H21Cl2N3O5/c1-13(25-21(29)16-3-2-4-17(11-16)27(31)32)22(30)26-9-7-14(8-10-26)20(28)15-5-6-18(23)19(24)12-15/h2-6,11-14H,7-10H2,1H3,(H,25,29). The zero-order valence-electron chi connectivity index (χ0n) is 17.2. The van der Waals surface area contributed by atoms with Crippen LogP contribution in [-0.2, 0) is 4.79 Å². The lowest BCUT2D eigenvalue weighted by Crippen LogP contribution is -2.49. The largest absolute Gasteiger partial charge is 0.341 e. The predicted octanol–water partition coefficient (Wildman–Crippen LogP) is 4.14. The predicted molar refractivity (Wildman–Crippen MR) is 120 cm³/mol. The molecule has 0 radical (unpaired) electrons. The number of ketones is 1. The molecule has 0 spiro atoms. The van der Waals surface area contributed by atoms with Gasteiger partial charge >= 0.3 is 0 Å². The van der Waals surface area contributed by atoms with Gasteiger partial charge in [-0.1, -0.05) is 29.3 Å². The minimum absolute atomic E-state index is 0.0392. The van der Waals surface area contributed by atoms with Crippen molar-refractivity contribution in [3.8, 4) is 0 Å². The Kier molecular flexibility index (Phi) is 7.48. The van der Waals surface area contributed by atoms with Gasteiger partial charge in [0.2, 0.25) is 5.91 Å². The van der Waals surface area contributed by atoms with Gasteiger partial charge in [0.15, 0.2) is 5.78 Å². The van der Waals surface area contributed by atoms with Gasteiger partial charge in [-0.2, -0.15) is 0 Å². The topological polar surface area (TPSA) is 110 Å². The number of piperidine rings is 1. The summed E-state index contributed by atoms with van der Waals surface area (Å²) in [4.78, 5) is 49.8. The molecule has 3 rings (SSSR count). The number of nitro benzene ring substituents is 1. The molecule has 1 N–H and O–H groups in total. The summed E-state index contributed by atoms with van der Waals surface area (Å²) in [6, 6.07) is 9.26. The Morgan fingerprint density at radius 2 is 1.75 bits per heavy atom. The van der Waals surface area contributed by atoms with Crippen LogP contribution < -0.4 is 5.32 Å². The van der Waals surface area contributed by atoms with E-state index in [1.54, 1.807) is 30.0 Å². The molecule has 168 valence electrons. The molecule has 2 aromatic carbocycles. The Hall–Kier alpha value is -2.97. The fourth-order valence-electron chi connectivity index (χ4n) is 3.62. The molecular weight excluding hydrogens is 457 g/mol. The number of rotatable bonds is 6. The molecule has 32 heavy (non-hydrogen) atoms. The first-order chi connectivity index (χ1) is 15.2. The Morgan fingerprint density at radius 1 is 1.06 bits per heavy atom. The van der Waals surface area contributed by atoms with E-state index in [1.165, 1.54) is 18.2 Å². The number of nitrogens with one attached hydrogen (secondary N) is 1. The zero-order chi connectivity index (χ0) is 23.4. The van der Waals surface area contributed by atoms with Gasteiger partial charge in [0.05, 0.1) is 15.0 Å². The number of non-ortho nitro benzene ring substituents is 1. The van der Waals surface area contributed by atoms with Crippen LogP contribution in [0.3, 0.4) is 0 Å². The quantitative estimate of drug-likeness (QED) is 0.381. The average Bonchev–Trinajstić information content (AvgIpc) is 2.80. The summed E-state index contributed by atoms with van der Waals surface area (Å²) in [7, 11) is 0. The van der Waals surface area contributed by atoms with E-state index < -0.39 is 16.9 Å². The highest BCUT2D eigenvalue weighted by molar-refractivity contribution is 6.42. The van der Waals surface area contributed by atoms with Crippen molar-refractivity contribution in [2.75, 3.05) is 13.1 Å². The fourth-order valence-corrected chi connectivity index (χ4v) is 3.92. The van der Waals surface area contributed by atoms with Gasteiger partial charge in [0, 0.05) is 42.3 Å². The summed E-state index contributed by atoms with van der Waals surface area (Å²) in [6.45, 7) is 2.33. The van der Waals surface area contributed by atoms with Crippen molar-refractivity contribution in [1.29, 1.82) is 0 Å². The van der Waals surface area contributed by atoms with Crippen molar-refractivity contribution in [2.24, 2.45) is 5.92 Å². The molecule has 2 aromatic rings. The third-order valence-corrected chi connectivity index (χ3v) is 6.16. The molecule has 1 aliphatic heterocycles. The van der Waals surface area contributed by atoms with Crippen molar-refractivity contribution in [1.82, 2.24) is 10.2 Å². The summed E-state index contributed by atoms with van der Waals surface area (Å²) in [5.41, 5.74) is 0.386. The molecule has 1 atom stereocenters. The molecule has 0 bridgehead atoms. The number of benzene rings is 2. The van der Waals surface area contributed by atoms with Crippen molar-refractivity contribution in [3.63, 3.8) is 0 Å². The molecule has 1 aliphatic rings. The molecule has 1 unspecified atom stereocenters. The van der Waals surface area contributed by atoms with Gasteiger partial charge in [-0.05, 0) is 44.0 Å². The van der Waals surface area contributed by atoms with Gasteiger partial charge < -0.3 is 10.2 Å². The van der Waals surface area contributed by atoms with Crippen molar-refractivity contribution in [2.45, 2.75) is 25.8 Å². The number of Topliss-reactive ketones (excluding diaryl/α,β-unsaturated/α-hetero) is 1. The second-order valence-corrected chi connectivity index (χ2v) is 8.41. The fraction of sp³-hybridized carbons (Fsp3) is 0.318. The Morgan fingerprint density at radius 3 is 2.38 bits per heavy atom. The van der Waals surface area contributed by atoms with Gasteiger partial charge in [-0.25, -0.2) is 0 Å². The molecule has 10 heteroatoms. The van der Waals surface area contributed by atoms with Crippen LogP contribution in [-0.4, -0.2) is 46.6 Å². The maximum atomic E-state index is 12.8. The summed E-state index contributed by atoms with van der Waals surface area (Å²) in [5.74, 6) is -1.11. The maximum Gasteiger partial charge on any atom is 0.270 e. The van der Waals surface area contributed by atoms with Crippen molar-refractivity contribution < 1.29 is 19.3 Å². The Bertz CT molecular complexity index is 1070. The highest BCUT2D eigenvalue weighted by Crippen LogP contribution is 2.27. The van der Waals surface area contributed by atoms with E-state index in [4.69, 9.17) is 23.2 Å². The third kappa shape index (κ3) is 5.44. The number of carbonyl (C=O) groups is 3. The van der Waals surface area contributed by atoms with Gasteiger partial charge in [-0.3, -0.25) is 24.5 Å². The van der Waals surface area contributed by atoms with Crippen LogP contribution >= 0.6 is 23.2 Å². The molecule has 1 saturated heterocycles. The Labute approximate surface area is 194 Å². The minimum Gasteiger partial charge on any atom is -0.341 e. The number of halogens is 2. The van der Waals surface area contributed by atoms with E-state index in [9.17, 15) is 24.5 Å². The van der Waals surface area contributed by atoms with Crippen LogP contribution in [0.25, 0.3) is 0 Å². The minimum atomic E-state index is -0.816. The highest BCUT2D eigenvalue weighted by atomic mass is 35.5. The molecule has 0 saturated carbocycles. The molecule has 0 aliphatic carbocycles. The van der Waals surface area contributed by atoms with Crippen molar-refractivity contribution in [3.05, 3.63) is 73.8 Å². The van der Waals surface area contributed by atoms with E-state index >= 15 is 0 Å². The van der Waals surface area contributed by atoms with E-state index in [-0.39, 0.29) is 28.9 Å². The molecule has 1 fully saturated rings. The number of hydrogen-bond donors (Lipinski definition) is 1. The van der Waals surface area contributed by atoms with Gasteiger partial charge in [-0.15, -0.1) is 0 Å². The summed E-state index contributed by atoms with van der Waals surface area (Å²) in [6.07, 6.45) is 0.993. The smallest absolute Gasteiger partial charge is 0.270 e. The number of likely N-dealkylation sites (tertiary alicyclic amines) is 1. The van der Waals surface area contributed by atoms with E-state index in [0.29, 0.717) is 41.5 Å². The first kappa shape index (κ1) is 23.7. The normalized spacial score (nSPS) is 15.2. The van der Waals surface area contributed by atoms with E-state index in [2.05, 4.69) is 5.32 Å². The van der Waals surface area contributed by atoms with Crippen LogP contribution in [0, 0.1) is 16.0 Å². The van der Waals surface area contributed by atoms with Crippen LogP contribution in [0.15, 0.2) is 42.5 Å². The van der Waals surface area contributed by atoms with Crippen molar-refractivity contribution >= 4 is 46.5 Å². The van der Waals surface area contributed by atoms with Crippen LogP contribution in [0.5, 0.6) is 0 Å². The first-order valence-electron chi connectivity index (χ1n) is 10.0. The van der Waals surface area contributed by atoms with Gasteiger partial charge in [0.1, 0.15) is 6.04 Å². The monoisotopic (exact) mass is 477 g/mol. The maximum absolute atomic E-state index is 12.8. The second kappa shape index (κ2) is 10.1. The van der Waals surface area contributed by atoms with Crippen LogP contribution in [0.2, 0.25) is 10.0 Å². The SMILES string of the molecule is CC(NC(=O)c1cccc([N+](=O)[O-])c1)C(=O)N1CCC(C(=O)c2ccc(Cl)c(Cl)c2)CC1. The first-order valence-corrected chi connectivity index (χ1v) is 10.8.